The van der Waals surface area contributed by atoms with Gasteiger partial charge in [-0.05, 0) is 41.8 Å². The Morgan fingerprint density at radius 3 is 2.31 bits per heavy atom. The summed E-state index contributed by atoms with van der Waals surface area (Å²) in [6.07, 6.45) is 1.55. The van der Waals surface area contributed by atoms with Gasteiger partial charge in [-0.15, -0.1) is 0 Å². The van der Waals surface area contributed by atoms with E-state index >= 15 is 0 Å². The lowest BCUT2D eigenvalue weighted by atomic mass is 10.1. The van der Waals surface area contributed by atoms with Gasteiger partial charge >= 0.3 is 6.03 Å². The van der Waals surface area contributed by atoms with Crippen molar-refractivity contribution in [3.63, 3.8) is 0 Å². The number of rotatable bonds is 6. The first kappa shape index (κ1) is 21.9. The number of hydrogen-bond donors (Lipinski definition) is 1. The average Bonchev–Trinajstić information content (AvgIpc) is 3.01. The summed E-state index contributed by atoms with van der Waals surface area (Å²) in [6.45, 7) is 2.52. The van der Waals surface area contributed by atoms with Crippen molar-refractivity contribution in [2.45, 2.75) is 20.1 Å². The Morgan fingerprint density at radius 1 is 0.938 bits per heavy atom. The van der Waals surface area contributed by atoms with Gasteiger partial charge in [0.1, 0.15) is 12.3 Å². The van der Waals surface area contributed by atoms with Gasteiger partial charge in [0.2, 0.25) is 0 Å². The molecule has 3 aromatic carbocycles. The highest BCUT2D eigenvalue weighted by Crippen LogP contribution is 2.35. The molecule has 1 saturated heterocycles. The first-order valence-electron chi connectivity index (χ1n) is 9.96. The van der Waals surface area contributed by atoms with Crippen LogP contribution >= 0.6 is 23.2 Å². The molecule has 1 aliphatic rings. The van der Waals surface area contributed by atoms with E-state index in [0.29, 0.717) is 28.0 Å². The van der Waals surface area contributed by atoms with Crippen LogP contribution < -0.4 is 10.1 Å². The highest BCUT2D eigenvalue weighted by Gasteiger charge is 2.33. The molecular formula is C25H20Cl2N2O3. The van der Waals surface area contributed by atoms with E-state index in [4.69, 9.17) is 27.9 Å². The molecule has 1 aliphatic heterocycles. The zero-order chi connectivity index (χ0) is 22.7. The van der Waals surface area contributed by atoms with Crippen molar-refractivity contribution in [2.24, 2.45) is 0 Å². The fourth-order valence-corrected chi connectivity index (χ4v) is 4.02. The SMILES string of the molecule is Cc1cccc(COc2c(Cl)cc(/C=C3/NC(=O)N(Cc4ccccc4)C3=O)cc2Cl)c1. The van der Waals surface area contributed by atoms with Crippen LogP contribution in [0.4, 0.5) is 4.79 Å². The van der Waals surface area contributed by atoms with E-state index in [9.17, 15) is 9.59 Å². The minimum atomic E-state index is -0.472. The number of halogens is 2. The maximum atomic E-state index is 12.7. The van der Waals surface area contributed by atoms with Crippen molar-refractivity contribution in [3.05, 3.63) is 105 Å². The number of nitrogens with one attached hydrogen (secondary N) is 1. The van der Waals surface area contributed by atoms with Crippen LogP contribution in [0.3, 0.4) is 0 Å². The second-order valence-corrected chi connectivity index (χ2v) is 8.27. The van der Waals surface area contributed by atoms with Gasteiger partial charge in [-0.3, -0.25) is 9.69 Å². The van der Waals surface area contributed by atoms with E-state index < -0.39 is 11.9 Å². The predicted molar refractivity (Wildman–Crippen MR) is 125 cm³/mol. The molecule has 0 bridgehead atoms. The van der Waals surface area contributed by atoms with Gasteiger partial charge in [-0.25, -0.2) is 4.79 Å². The fourth-order valence-electron chi connectivity index (χ4n) is 3.41. The van der Waals surface area contributed by atoms with Crippen LogP contribution in [0.15, 0.2) is 72.4 Å². The number of aryl methyl sites for hydroxylation is 1. The van der Waals surface area contributed by atoms with Crippen LogP contribution in [0, 0.1) is 6.92 Å². The molecule has 162 valence electrons. The maximum Gasteiger partial charge on any atom is 0.329 e. The third kappa shape index (κ3) is 4.96. The van der Waals surface area contributed by atoms with E-state index in [0.717, 1.165) is 21.6 Å². The van der Waals surface area contributed by atoms with Crippen LogP contribution in [0.2, 0.25) is 10.0 Å². The van der Waals surface area contributed by atoms with Crippen molar-refractivity contribution in [1.29, 1.82) is 0 Å². The Bertz CT molecular complexity index is 1190. The zero-order valence-corrected chi connectivity index (χ0v) is 18.8. The van der Waals surface area contributed by atoms with Gasteiger partial charge in [-0.2, -0.15) is 0 Å². The summed E-state index contributed by atoms with van der Waals surface area (Å²) in [5.41, 5.74) is 3.73. The van der Waals surface area contributed by atoms with Gasteiger partial charge in [0, 0.05) is 0 Å². The van der Waals surface area contributed by atoms with Crippen LogP contribution in [0.25, 0.3) is 6.08 Å². The summed E-state index contributed by atoms with van der Waals surface area (Å²) < 4.78 is 5.83. The molecule has 1 heterocycles. The Labute approximate surface area is 196 Å². The van der Waals surface area contributed by atoms with Gasteiger partial charge in [0.25, 0.3) is 5.91 Å². The molecule has 3 aromatic rings. The summed E-state index contributed by atoms with van der Waals surface area (Å²) in [5, 5.41) is 3.24. The summed E-state index contributed by atoms with van der Waals surface area (Å²) >= 11 is 12.8. The third-order valence-electron chi connectivity index (χ3n) is 4.94. The highest BCUT2D eigenvalue weighted by atomic mass is 35.5. The molecule has 3 amide bonds. The number of hydrogen-bond acceptors (Lipinski definition) is 3. The lowest BCUT2D eigenvalue weighted by Crippen LogP contribution is -2.30. The molecule has 0 radical (unpaired) electrons. The monoisotopic (exact) mass is 466 g/mol. The lowest BCUT2D eigenvalue weighted by Gasteiger charge is -2.12. The van der Waals surface area contributed by atoms with E-state index in [1.807, 2.05) is 61.5 Å². The molecule has 0 spiro atoms. The predicted octanol–water partition coefficient (Wildman–Crippen LogP) is 5.97. The normalized spacial score (nSPS) is 14.7. The maximum absolute atomic E-state index is 12.7. The van der Waals surface area contributed by atoms with Crippen LogP contribution in [-0.4, -0.2) is 16.8 Å². The Kier molecular flexibility index (Phi) is 6.49. The molecule has 7 heteroatoms. The molecule has 0 aromatic heterocycles. The summed E-state index contributed by atoms with van der Waals surface area (Å²) in [6, 6.07) is 20.1. The topological polar surface area (TPSA) is 58.6 Å². The third-order valence-corrected chi connectivity index (χ3v) is 5.50. The number of nitrogens with zero attached hydrogens (tertiary/aromatic N) is 1. The number of urea groups is 1. The van der Waals surface area contributed by atoms with Gasteiger partial charge in [0.05, 0.1) is 16.6 Å². The summed E-state index contributed by atoms with van der Waals surface area (Å²) in [7, 11) is 0. The standard InChI is InChI=1S/C25H20Cl2N2O3/c1-16-6-5-9-18(10-16)15-32-23-20(26)11-19(12-21(23)27)13-22-24(30)29(25(31)28-22)14-17-7-3-2-4-8-17/h2-13H,14-15H2,1H3,(H,28,31)/b22-13+. The van der Waals surface area contributed by atoms with Crippen molar-refractivity contribution >= 4 is 41.2 Å². The first-order chi connectivity index (χ1) is 15.4. The van der Waals surface area contributed by atoms with Crippen LogP contribution in [-0.2, 0) is 17.9 Å². The largest absolute Gasteiger partial charge is 0.486 e. The summed E-state index contributed by atoms with van der Waals surface area (Å²) in [5.74, 6) is -0.0460. The van der Waals surface area contributed by atoms with E-state index in [1.165, 1.54) is 0 Å². The Balaban J connectivity index is 1.50. The van der Waals surface area contributed by atoms with Crippen molar-refractivity contribution in [1.82, 2.24) is 10.2 Å². The molecule has 1 fully saturated rings. The molecular weight excluding hydrogens is 447 g/mol. The minimum absolute atomic E-state index is 0.159. The molecule has 4 rings (SSSR count). The number of carbonyl (C=O) groups is 2. The first-order valence-corrected chi connectivity index (χ1v) is 10.7. The number of carbonyl (C=O) groups excluding carboxylic acids is 2. The van der Waals surface area contributed by atoms with E-state index in [2.05, 4.69) is 5.32 Å². The van der Waals surface area contributed by atoms with Crippen molar-refractivity contribution in [2.75, 3.05) is 0 Å². The van der Waals surface area contributed by atoms with Crippen LogP contribution in [0.1, 0.15) is 22.3 Å². The Morgan fingerprint density at radius 2 is 1.62 bits per heavy atom. The number of ether oxygens (including phenoxy) is 1. The van der Waals surface area contributed by atoms with Crippen molar-refractivity contribution < 1.29 is 14.3 Å². The molecule has 0 saturated carbocycles. The van der Waals surface area contributed by atoms with E-state index in [-0.39, 0.29) is 12.2 Å². The molecule has 5 nitrogen and oxygen atoms in total. The number of benzene rings is 3. The lowest BCUT2D eigenvalue weighted by molar-refractivity contribution is -0.123. The van der Waals surface area contributed by atoms with Gasteiger partial charge in [0.15, 0.2) is 5.75 Å². The molecule has 32 heavy (non-hydrogen) atoms. The van der Waals surface area contributed by atoms with Gasteiger partial charge in [-0.1, -0.05) is 83.4 Å². The summed E-state index contributed by atoms with van der Waals surface area (Å²) in [4.78, 5) is 26.2. The Hall–Kier alpha value is -3.28. The molecule has 0 atom stereocenters. The van der Waals surface area contributed by atoms with Crippen molar-refractivity contribution in [3.8, 4) is 5.75 Å². The smallest absolute Gasteiger partial charge is 0.329 e. The molecule has 0 aliphatic carbocycles. The fraction of sp³-hybridized carbons (Fsp3) is 0.120. The minimum Gasteiger partial charge on any atom is -0.486 e. The van der Waals surface area contributed by atoms with E-state index in [1.54, 1.807) is 18.2 Å². The quantitative estimate of drug-likeness (QED) is 0.359. The molecule has 0 unspecified atom stereocenters. The number of imide groups is 1. The molecule has 1 N–H and O–H groups in total. The van der Waals surface area contributed by atoms with Gasteiger partial charge < -0.3 is 10.1 Å². The zero-order valence-electron chi connectivity index (χ0n) is 17.3. The van der Waals surface area contributed by atoms with Crippen LogP contribution in [0.5, 0.6) is 5.75 Å². The average molecular weight is 467 g/mol. The number of amides is 3. The highest BCUT2D eigenvalue weighted by molar-refractivity contribution is 6.37. The second-order valence-electron chi connectivity index (χ2n) is 7.46. The second kappa shape index (κ2) is 9.47.